The average molecular weight is 263 g/mol. The van der Waals surface area contributed by atoms with Crippen molar-refractivity contribution in [1.29, 1.82) is 0 Å². The maximum Gasteiger partial charge on any atom is 0.154 e. The Kier molecular flexibility index (Phi) is 4.98. The van der Waals surface area contributed by atoms with Gasteiger partial charge < -0.3 is 10.5 Å². The fourth-order valence-corrected chi connectivity index (χ4v) is 3.12. The van der Waals surface area contributed by atoms with Gasteiger partial charge in [0.1, 0.15) is 0 Å². The molecule has 2 atom stereocenters. The number of ether oxygens (including phenoxy) is 1. The molecule has 4 nitrogen and oxygen atoms in total. The van der Waals surface area contributed by atoms with Gasteiger partial charge >= 0.3 is 0 Å². The molecule has 2 N–H and O–H groups in total. The molecule has 0 amide bonds. The molecule has 0 saturated heterocycles. The van der Waals surface area contributed by atoms with E-state index >= 15 is 0 Å². The van der Waals surface area contributed by atoms with Gasteiger partial charge in [-0.05, 0) is 39.0 Å². The van der Waals surface area contributed by atoms with Gasteiger partial charge in [0, 0.05) is 6.54 Å². The molecule has 0 aliphatic heterocycles. The predicted molar refractivity (Wildman–Crippen MR) is 69.7 cm³/mol. The van der Waals surface area contributed by atoms with Gasteiger partial charge in [-0.1, -0.05) is 6.92 Å². The lowest BCUT2D eigenvalue weighted by Crippen LogP contribution is -2.39. The highest BCUT2D eigenvalue weighted by Gasteiger charge is 2.37. The molecule has 1 rings (SSSR count). The van der Waals surface area contributed by atoms with Gasteiger partial charge in [-0.15, -0.1) is 0 Å². The highest BCUT2D eigenvalue weighted by Crippen LogP contribution is 2.36. The Labute approximate surface area is 105 Å². The van der Waals surface area contributed by atoms with Crippen LogP contribution in [-0.4, -0.2) is 38.2 Å². The largest absolute Gasteiger partial charge is 0.373 e. The molecule has 0 aromatic heterocycles. The summed E-state index contributed by atoms with van der Waals surface area (Å²) in [5, 5.41) is -0.331. The van der Waals surface area contributed by atoms with Crippen LogP contribution in [0.1, 0.15) is 40.0 Å². The van der Waals surface area contributed by atoms with E-state index in [0.29, 0.717) is 12.5 Å². The van der Waals surface area contributed by atoms with Gasteiger partial charge in [-0.3, -0.25) is 0 Å². The van der Waals surface area contributed by atoms with Gasteiger partial charge in [-0.2, -0.15) is 0 Å². The van der Waals surface area contributed by atoms with Crippen molar-refractivity contribution < 1.29 is 13.2 Å². The first-order valence-electron chi connectivity index (χ1n) is 6.37. The van der Waals surface area contributed by atoms with Crippen LogP contribution in [-0.2, 0) is 14.6 Å². The molecule has 2 unspecified atom stereocenters. The van der Waals surface area contributed by atoms with E-state index in [0.717, 1.165) is 19.3 Å². The first-order valence-corrected chi connectivity index (χ1v) is 8.08. The quantitative estimate of drug-likeness (QED) is 0.785. The van der Waals surface area contributed by atoms with E-state index in [-0.39, 0.29) is 23.2 Å². The van der Waals surface area contributed by atoms with Crippen molar-refractivity contribution in [2.45, 2.75) is 50.9 Å². The smallest absolute Gasteiger partial charge is 0.154 e. The summed E-state index contributed by atoms with van der Waals surface area (Å²) in [5.41, 5.74) is 5.49. The lowest BCUT2D eigenvalue weighted by molar-refractivity contribution is -0.0280. The van der Waals surface area contributed by atoms with Crippen LogP contribution in [0.25, 0.3) is 0 Å². The van der Waals surface area contributed by atoms with E-state index in [1.54, 1.807) is 13.8 Å². The summed E-state index contributed by atoms with van der Waals surface area (Å²) in [7, 11) is -3.00. The van der Waals surface area contributed by atoms with Crippen molar-refractivity contribution in [2.75, 3.05) is 18.9 Å². The summed E-state index contributed by atoms with van der Waals surface area (Å²) in [4.78, 5) is 0. The molecular weight excluding hydrogens is 238 g/mol. The van der Waals surface area contributed by atoms with E-state index < -0.39 is 9.84 Å². The van der Waals surface area contributed by atoms with Crippen molar-refractivity contribution in [2.24, 2.45) is 11.7 Å². The third-order valence-corrected chi connectivity index (χ3v) is 5.85. The molecule has 1 aliphatic carbocycles. The van der Waals surface area contributed by atoms with Crippen molar-refractivity contribution in [3.8, 4) is 0 Å². The minimum absolute atomic E-state index is 0.0980. The van der Waals surface area contributed by atoms with Crippen molar-refractivity contribution in [3.05, 3.63) is 0 Å². The monoisotopic (exact) mass is 263 g/mol. The van der Waals surface area contributed by atoms with Gasteiger partial charge in [0.25, 0.3) is 0 Å². The molecule has 0 bridgehead atoms. The second kappa shape index (κ2) is 5.67. The number of hydrogen-bond acceptors (Lipinski definition) is 4. The molecule has 0 spiro atoms. The van der Waals surface area contributed by atoms with Crippen molar-refractivity contribution in [1.82, 2.24) is 0 Å². The summed E-state index contributed by atoms with van der Waals surface area (Å²) in [6.45, 7) is 6.34. The fourth-order valence-electron chi connectivity index (χ4n) is 2.33. The van der Waals surface area contributed by atoms with E-state index in [1.807, 2.05) is 0 Å². The highest BCUT2D eigenvalue weighted by atomic mass is 32.2. The molecule has 0 heterocycles. The van der Waals surface area contributed by atoms with E-state index in [1.165, 1.54) is 0 Å². The van der Waals surface area contributed by atoms with Crippen LogP contribution >= 0.6 is 0 Å². The third-order valence-electron chi connectivity index (χ3n) is 3.68. The third kappa shape index (κ3) is 3.93. The lowest BCUT2D eigenvalue weighted by Gasteiger charge is -2.28. The molecule has 1 aliphatic rings. The average Bonchev–Trinajstić information content (AvgIpc) is 2.60. The molecule has 1 saturated carbocycles. The molecule has 0 aromatic carbocycles. The molecular formula is C12H25NO3S. The summed E-state index contributed by atoms with van der Waals surface area (Å²) in [6, 6.07) is 0. The summed E-state index contributed by atoms with van der Waals surface area (Å²) >= 11 is 0. The van der Waals surface area contributed by atoms with Crippen LogP contribution in [0.2, 0.25) is 0 Å². The van der Waals surface area contributed by atoms with Crippen LogP contribution in [0.5, 0.6) is 0 Å². The predicted octanol–water partition coefficient (Wildman–Crippen LogP) is 1.34. The zero-order chi connectivity index (χ0) is 13.1. The second-order valence-electron chi connectivity index (χ2n) is 5.50. The van der Waals surface area contributed by atoms with E-state index in [9.17, 15) is 8.42 Å². The maximum atomic E-state index is 11.6. The molecule has 0 radical (unpaired) electrons. The summed E-state index contributed by atoms with van der Waals surface area (Å²) in [6.07, 6.45) is 3.02. The number of nitrogens with two attached hydrogens (primary N) is 1. The minimum atomic E-state index is -3.00. The lowest BCUT2D eigenvalue weighted by atomic mass is 10.0. The molecule has 1 fully saturated rings. The maximum absolute atomic E-state index is 11.6. The Morgan fingerprint density at radius 2 is 2.12 bits per heavy atom. The normalized spacial score (nSPS) is 30.1. The molecule has 0 aromatic rings. The van der Waals surface area contributed by atoms with Crippen molar-refractivity contribution in [3.63, 3.8) is 0 Å². The summed E-state index contributed by atoms with van der Waals surface area (Å²) < 4.78 is 29.1. The Bertz CT molecular complexity index is 340. The number of hydrogen-bond donors (Lipinski definition) is 1. The Morgan fingerprint density at radius 1 is 1.47 bits per heavy atom. The number of sulfone groups is 1. The van der Waals surface area contributed by atoms with Gasteiger partial charge in [0.2, 0.25) is 0 Å². The zero-order valence-corrected chi connectivity index (χ0v) is 11.9. The number of rotatable bonds is 6. The topological polar surface area (TPSA) is 69.4 Å². The molecule has 102 valence electrons. The molecule has 17 heavy (non-hydrogen) atoms. The SMILES string of the molecule is CC1CCC(CN)(OCCS(=O)(=O)C(C)C)C1. The minimum Gasteiger partial charge on any atom is -0.373 e. The van der Waals surface area contributed by atoms with Gasteiger partial charge in [0.05, 0.1) is 23.2 Å². The van der Waals surface area contributed by atoms with Gasteiger partial charge in [0.15, 0.2) is 9.84 Å². The van der Waals surface area contributed by atoms with Crippen LogP contribution in [0.4, 0.5) is 0 Å². The van der Waals surface area contributed by atoms with Crippen LogP contribution in [0, 0.1) is 5.92 Å². The van der Waals surface area contributed by atoms with E-state index in [4.69, 9.17) is 10.5 Å². The van der Waals surface area contributed by atoms with Crippen molar-refractivity contribution >= 4 is 9.84 Å². The highest BCUT2D eigenvalue weighted by molar-refractivity contribution is 7.91. The van der Waals surface area contributed by atoms with Crippen LogP contribution in [0.3, 0.4) is 0 Å². The first-order chi connectivity index (χ1) is 7.81. The van der Waals surface area contributed by atoms with E-state index in [2.05, 4.69) is 6.92 Å². The summed E-state index contributed by atoms with van der Waals surface area (Å²) in [5.74, 6) is 0.723. The standard InChI is InChI=1S/C12H25NO3S/c1-10(2)17(14,15)7-6-16-12(9-13)5-4-11(3)8-12/h10-11H,4-9,13H2,1-3H3. The second-order valence-corrected chi connectivity index (χ2v) is 8.18. The Balaban J connectivity index is 2.45. The van der Waals surface area contributed by atoms with Crippen LogP contribution in [0.15, 0.2) is 0 Å². The molecule has 5 heteroatoms. The zero-order valence-electron chi connectivity index (χ0n) is 11.1. The fraction of sp³-hybridized carbons (Fsp3) is 1.00. The Hall–Kier alpha value is -0.130. The Morgan fingerprint density at radius 3 is 2.53 bits per heavy atom. The van der Waals surface area contributed by atoms with Gasteiger partial charge in [-0.25, -0.2) is 8.42 Å². The van der Waals surface area contributed by atoms with Crippen LogP contribution < -0.4 is 5.73 Å². The first kappa shape index (κ1) is 14.9.